The first-order chi connectivity index (χ1) is 5.07. The Kier molecular flexibility index (Phi) is 2.53. The molecule has 0 aromatic rings. The molecule has 1 nitrogen and oxygen atoms in total. The summed E-state index contributed by atoms with van der Waals surface area (Å²) >= 11 is 0. The van der Waals surface area contributed by atoms with Gasteiger partial charge in [-0.2, -0.15) is 0 Å². The molecule has 1 saturated heterocycles. The number of alkyl halides is 1. The molecular formula is C9H18FN. The predicted molar refractivity (Wildman–Crippen MR) is 45.4 cm³/mol. The molecule has 1 rings (SSSR count). The second-order valence-corrected chi connectivity index (χ2v) is 4.26. The van der Waals surface area contributed by atoms with Gasteiger partial charge in [0.05, 0.1) is 6.67 Å². The van der Waals surface area contributed by atoms with Crippen LogP contribution in [-0.2, 0) is 0 Å². The third-order valence-electron chi connectivity index (χ3n) is 2.64. The van der Waals surface area contributed by atoms with Crippen LogP contribution in [0.15, 0.2) is 0 Å². The van der Waals surface area contributed by atoms with Gasteiger partial charge < -0.3 is 4.90 Å². The van der Waals surface area contributed by atoms with Crippen molar-refractivity contribution in [3.63, 3.8) is 0 Å². The van der Waals surface area contributed by atoms with Crippen molar-refractivity contribution in [2.75, 3.05) is 19.8 Å². The fourth-order valence-electron chi connectivity index (χ4n) is 1.61. The van der Waals surface area contributed by atoms with E-state index >= 15 is 0 Å². The Hall–Kier alpha value is -0.110. The van der Waals surface area contributed by atoms with Crippen molar-refractivity contribution in [1.82, 2.24) is 4.90 Å². The molecule has 0 amide bonds. The predicted octanol–water partition coefficient (Wildman–Crippen LogP) is 2.08. The monoisotopic (exact) mass is 159 g/mol. The van der Waals surface area contributed by atoms with Gasteiger partial charge in [0.15, 0.2) is 0 Å². The van der Waals surface area contributed by atoms with E-state index in [4.69, 9.17) is 0 Å². The van der Waals surface area contributed by atoms with E-state index < -0.39 is 0 Å². The summed E-state index contributed by atoms with van der Waals surface area (Å²) in [6, 6.07) is 0.573. The van der Waals surface area contributed by atoms with Crippen LogP contribution >= 0.6 is 0 Å². The second-order valence-electron chi connectivity index (χ2n) is 4.26. The number of rotatable bonds is 2. The largest absolute Gasteiger partial charge is 0.300 e. The molecule has 1 atom stereocenters. The van der Waals surface area contributed by atoms with Crippen LogP contribution in [0.4, 0.5) is 4.39 Å². The zero-order valence-corrected chi connectivity index (χ0v) is 7.73. The lowest BCUT2D eigenvalue weighted by atomic mass is 9.92. The van der Waals surface area contributed by atoms with Crippen LogP contribution in [-0.4, -0.2) is 30.7 Å². The van der Waals surface area contributed by atoms with Gasteiger partial charge in [0, 0.05) is 18.0 Å². The maximum Gasteiger partial charge on any atom is 0.0960 e. The fourth-order valence-corrected chi connectivity index (χ4v) is 1.61. The molecule has 0 aromatic carbocycles. The Morgan fingerprint density at radius 2 is 2.18 bits per heavy atom. The van der Waals surface area contributed by atoms with Crippen molar-refractivity contribution >= 4 is 0 Å². The molecule has 0 spiro atoms. The zero-order valence-electron chi connectivity index (χ0n) is 7.73. The standard InChI is InChI=1S/C9H18FN/c1-8(2)11-5-4-9(3,6-10)7-11/h8H,4-7H2,1-3H3. The van der Waals surface area contributed by atoms with Crippen LogP contribution in [0.1, 0.15) is 27.2 Å². The molecule has 0 aromatic heterocycles. The molecule has 1 aliphatic heterocycles. The van der Waals surface area contributed by atoms with Gasteiger partial charge in [0.2, 0.25) is 0 Å². The smallest absolute Gasteiger partial charge is 0.0960 e. The van der Waals surface area contributed by atoms with Crippen molar-refractivity contribution in [1.29, 1.82) is 0 Å². The van der Waals surface area contributed by atoms with Crippen LogP contribution < -0.4 is 0 Å². The summed E-state index contributed by atoms with van der Waals surface area (Å²) in [7, 11) is 0. The summed E-state index contributed by atoms with van der Waals surface area (Å²) in [4.78, 5) is 2.35. The van der Waals surface area contributed by atoms with Crippen molar-refractivity contribution in [3.05, 3.63) is 0 Å². The summed E-state index contributed by atoms with van der Waals surface area (Å²) < 4.78 is 12.5. The van der Waals surface area contributed by atoms with Crippen LogP contribution in [0, 0.1) is 5.41 Å². The number of hydrogen-bond donors (Lipinski definition) is 0. The normalized spacial score (nSPS) is 33.5. The van der Waals surface area contributed by atoms with Crippen molar-refractivity contribution < 1.29 is 4.39 Å². The average Bonchev–Trinajstić information content (AvgIpc) is 2.33. The van der Waals surface area contributed by atoms with Crippen LogP contribution in [0.25, 0.3) is 0 Å². The van der Waals surface area contributed by atoms with E-state index in [0.717, 1.165) is 19.5 Å². The Bertz CT molecular complexity index is 136. The molecule has 0 bridgehead atoms. The van der Waals surface area contributed by atoms with Gasteiger partial charge in [-0.3, -0.25) is 4.39 Å². The molecular weight excluding hydrogens is 141 g/mol. The van der Waals surface area contributed by atoms with E-state index in [2.05, 4.69) is 18.7 Å². The minimum absolute atomic E-state index is 0.0513. The molecule has 1 fully saturated rings. The highest BCUT2D eigenvalue weighted by molar-refractivity contribution is 4.86. The molecule has 0 radical (unpaired) electrons. The summed E-state index contributed by atoms with van der Waals surface area (Å²) in [6.07, 6.45) is 1.02. The van der Waals surface area contributed by atoms with Gasteiger partial charge in [0.1, 0.15) is 0 Å². The first-order valence-corrected chi connectivity index (χ1v) is 4.37. The highest BCUT2D eigenvalue weighted by Gasteiger charge is 2.34. The van der Waals surface area contributed by atoms with E-state index in [9.17, 15) is 4.39 Å². The van der Waals surface area contributed by atoms with E-state index in [1.165, 1.54) is 0 Å². The Morgan fingerprint density at radius 1 is 1.55 bits per heavy atom. The number of nitrogens with zero attached hydrogens (tertiary/aromatic N) is 1. The molecule has 1 heterocycles. The van der Waals surface area contributed by atoms with Crippen LogP contribution in [0.2, 0.25) is 0 Å². The molecule has 1 unspecified atom stereocenters. The molecule has 0 saturated carbocycles. The van der Waals surface area contributed by atoms with Gasteiger partial charge >= 0.3 is 0 Å². The van der Waals surface area contributed by atoms with E-state index in [0.29, 0.717) is 6.04 Å². The molecule has 11 heavy (non-hydrogen) atoms. The molecule has 2 heteroatoms. The first-order valence-electron chi connectivity index (χ1n) is 4.37. The molecule has 66 valence electrons. The van der Waals surface area contributed by atoms with Crippen molar-refractivity contribution in [2.45, 2.75) is 33.2 Å². The number of hydrogen-bond acceptors (Lipinski definition) is 1. The van der Waals surface area contributed by atoms with Gasteiger partial charge in [0.25, 0.3) is 0 Å². The first kappa shape index (κ1) is 8.98. The Labute approximate surface area is 68.6 Å². The lowest BCUT2D eigenvalue weighted by molar-refractivity contribution is 0.200. The highest BCUT2D eigenvalue weighted by Crippen LogP contribution is 2.31. The maximum atomic E-state index is 12.5. The Morgan fingerprint density at radius 3 is 2.45 bits per heavy atom. The van der Waals surface area contributed by atoms with E-state index in [1.54, 1.807) is 0 Å². The highest BCUT2D eigenvalue weighted by atomic mass is 19.1. The van der Waals surface area contributed by atoms with Crippen LogP contribution in [0.3, 0.4) is 0 Å². The summed E-state index contributed by atoms with van der Waals surface area (Å²) in [6.45, 7) is 8.21. The quantitative estimate of drug-likeness (QED) is 0.596. The van der Waals surface area contributed by atoms with Crippen molar-refractivity contribution in [3.8, 4) is 0 Å². The molecule has 0 N–H and O–H groups in total. The summed E-state index contributed by atoms with van der Waals surface area (Å²) in [5.74, 6) is 0. The van der Waals surface area contributed by atoms with Gasteiger partial charge in [-0.15, -0.1) is 0 Å². The average molecular weight is 159 g/mol. The fraction of sp³-hybridized carbons (Fsp3) is 1.00. The van der Waals surface area contributed by atoms with Gasteiger partial charge in [-0.25, -0.2) is 0 Å². The van der Waals surface area contributed by atoms with E-state index in [-0.39, 0.29) is 12.1 Å². The van der Waals surface area contributed by atoms with Gasteiger partial charge in [-0.05, 0) is 26.8 Å². The van der Waals surface area contributed by atoms with Gasteiger partial charge in [-0.1, -0.05) is 6.92 Å². The Balaban J connectivity index is 2.46. The minimum Gasteiger partial charge on any atom is -0.300 e. The summed E-state index contributed by atoms with van der Waals surface area (Å²) in [5, 5.41) is 0. The number of halogens is 1. The SMILES string of the molecule is CC(C)N1CCC(C)(CF)C1. The lowest BCUT2D eigenvalue weighted by Crippen LogP contribution is -2.31. The molecule has 1 aliphatic rings. The third kappa shape index (κ3) is 1.92. The second kappa shape index (κ2) is 3.10. The van der Waals surface area contributed by atoms with Crippen molar-refractivity contribution in [2.24, 2.45) is 5.41 Å². The third-order valence-corrected chi connectivity index (χ3v) is 2.64. The maximum absolute atomic E-state index is 12.5. The zero-order chi connectivity index (χ0) is 8.48. The summed E-state index contributed by atoms with van der Waals surface area (Å²) in [5.41, 5.74) is -0.0513. The minimum atomic E-state index is -0.170. The molecule has 0 aliphatic carbocycles. The number of likely N-dealkylation sites (tertiary alicyclic amines) is 1. The lowest BCUT2D eigenvalue weighted by Gasteiger charge is -2.23. The topological polar surface area (TPSA) is 3.24 Å². The van der Waals surface area contributed by atoms with E-state index in [1.807, 2.05) is 6.92 Å². The van der Waals surface area contributed by atoms with Crippen LogP contribution in [0.5, 0.6) is 0 Å².